The van der Waals surface area contributed by atoms with Crippen LogP contribution in [0.4, 0.5) is 11.8 Å². The Labute approximate surface area is 155 Å². The van der Waals surface area contributed by atoms with Crippen LogP contribution in [0.25, 0.3) is 11.2 Å². The van der Waals surface area contributed by atoms with Crippen LogP contribution in [0.3, 0.4) is 0 Å². The summed E-state index contributed by atoms with van der Waals surface area (Å²) < 4.78 is 0. The second kappa shape index (κ2) is 7.25. The van der Waals surface area contributed by atoms with Crippen molar-refractivity contribution in [1.82, 2.24) is 19.9 Å². The van der Waals surface area contributed by atoms with Crippen molar-refractivity contribution in [3.8, 4) is 0 Å². The molecule has 2 aromatic heterocycles. The van der Waals surface area contributed by atoms with Gasteiger partial charge in [-0.25, -0.2) is 4.98 Å². The zero-order valence-electron chi connectivity index (χ0n) is 14.7. The van der Waals surface area contributed by atoms with E-state index in [1.54, 1.807) is 18.5 Å². The Kier molecular flexibility index (Phi) is 4.49. The third kappa shape index (κ3) is 3.62. The van der Waals surface area contributed by atoms with Crippen LogP contribution in [0.2, 0.25) is 0 Å². The van der Waals surface area contributed by atoms with Gasteiger partial charge in [0.25, 0.3) is 5.91 Å². The number of hydrogen-bond acceptors (Lipinski definition) is 5. The molecule has 27 heavy (non-hydrogen) atoms. The smallest absolute Gasteiger partial charge is 0.258 e. The van der Waals surface area contributed by atoms with Crippen molar-refractivity contribution in [2.75, 3.05) is 10.6 Å². The number of aromatic nitrogens is 4. The van der Waals surface area contributed by atoms with Gasteiger partial charge in [-0.2, -0.15) is 9.97 Å². The molecule has 0 radical (unpaired) electrons. The highest BCUT2D eigenvalue weighted by Gasteiger charge is 2.13. The van der Waals surface area contributed by atoms with Crippen LogP contribution in [0, 0.1) is 6.92 Å². The molecular weight excluding hydrogens is 340 g/mol. The molecule has 2 aromatic carbocycles. The fourth-order valence-electron chi connectivity index (χ4n) is 2.77. The van der Waals surface area contributed by atoms with Gasteiger partial charge in [0.2, 0.25) is 5.95 Å². The van der Waals surface area contributed by atoms with Gasteiger partial charge >= 0.3 is 0 Å². The first-order chi connectivity index (χ1) is 13.2. The maximum atomic E-state index is 12.4. The van der Waals surface area contributed by atoms with Gasteiger partial charge in [-0.15, -0.1) is 0 Å². The van der Waals surface area contributed by atoms with Crippen LogP contribution in [0.15, 0.2) is 60.9 Å². The normalized spacial score (nSPS) is 10.7. The van der Waals surface area contributed by atoms with Crippen LogP contribution in [0.5, 0.6) is 0 Å². The van der Waals surface area contributed by atoms with Crippen LogP contribution in [-0.2, 0) is 6.54 Å². The summed E-state index contributed by atoms with van der Waals surface area (Å²) in [6, 6.07) is 17.1. The molecule has 134 valence electrons. The van der Waals surface area contributed by atoms with Crippen molar-refractivity contribution in [3.05, 3.63) is 77.6 Å². The Morgan fingerprint density at radius 2 is 1.81 bits per heavy atom. The standard InChI is InChI=1S/C20H18N6O/c1-13-7-5-6-10-15(13)11-21-17-16-18(23-12-22-16)25-20(24-17)26-19(27)14-8-3-2-4-9-14/h2-10,12H,11H2,1H3,(H3,21,22,23,24,25,26,27). The largest absolute Gasteiger partial charge is 0.364 e. The lowest BCUT2D eigenvalue weighted by atomic mass is 10.1. The van der Waals surface area contributed by atoms with Gasteiger partial charge in [0, 0.05) is 12.1 Å². The molecule has 3 N–H and O–H groups in total. The van der Waals surface area contributed by atoms with E-state index in [4.69, 9.17) is 0 Å². The number of H-pyrrole nitrogens is 1. The number of carbonyl (C=O) groups is 1. The highest BCUT2D eigenvalue weighted by molar-refractivity contribution is 6.03. The monoisotopic (exact) mass is 358 g/mol. The number of aryl methyl sites for hydroxylation is 1. The highest BCUT2D eigenvalue weighted by Crippen LogP contribution is 2.20. The number of anilines is 2. The molecule has 7 heteroatoms. The van der Waals surface area contributed by atoms with Gasteiger partial charge in [-0.3, -0.25) is 10.1 Å². The van der Waals surface area contributed by atoms with Gasteiger partial charge in [0.1, 0.15) is 5.52 Å². The quantitative estimate of drug-likeness (QED) is 0.507. The SMILES string of the molecule is Cc1ccccc1CNc1nc(NC(=O)c2ccccc2)nc2nc[nH]c12. The lowest BCUT2D eigenvalue weighted by Gasteiger charge is -2.10. The van der Waals surface area contributed by atoms with E-state index in [1.165, 1.54) is 11.1 Å². The van der Waals surface area contributed by atoms with E-state index < -0.39 is 0 Å². The lowest BCUT2D eigenvalue weighted by Crippen LogP contribution is -2.15. The molecule has 1 amide bonds. The van der Waals surface area contributed by atoms with Crippen molar-refractivity contribution in [2.24, 2.45) is 0 Å². The third-order valence-electron chi connectivity index (χ3n) is 4.25. The molecule has 2 heterocycles. The summed E-state index contributed by atoms with van der Waals surface area (Å²) in [5, 5.41) is 6.05. The minimum absolute atomic E-state index is 0.204. The lowest BCUT2D eigenvalue weighted by molar-refractivity contribution is 0.102. The second-order valence-electron chi connectivity index (χ2n) is 6.10. The molecule has 7 nitrogen and oxygen atoms in total. The van der Waals surface area contributed by atoms with Crippen molar-refractivity contribution in [2.45, 2.75) is 13.5 Å². The molecule has 0 aliphatic carbocycles. The average Bonchev–Trinajstić information content (AvgIpc) is 3.16. The summed E-state index contributed by atoms with van der Waals surface area (Å²) in [6.45, 7) is 2.66. The zero-order chi connectivity index (χ0) is 18.6. The van der Waals surface area contributed by atoms with Crippen LogP contribution in [-0.4, -0.2) is 25.8 Å². The van der Waals surface area contributed by atoms with Gasteiger partial charge < -0.3 is 10.3 Å². The van der Waals surface area contributed by atoms with Crippen molar-refractivity contribution >= 4 is 28.8 Å². The fraction of sp³-hybridized carbons (Fsp3) is 0.100. The van der Waals surface area contributed by atoms with Crippen LogP contribution < -0.4 is 10.6 Å². The van der Waals surface area contributed by atoms with Gasteiger partial charge in [-0.1, -0.05) is 42.5 Å². The molecule has 0 aliphatic heterocycles. The Hall–Kier alpha value is -3.74. The molecule has 0 saturated heterocycles. The van der Waals surface area contributed by atoms with Crippen LogP contribution in [0.1, 0.15) is 21.5 Å². The molecule has 0 spiro atoms. The highest BCUT2D eigenvalue weighted by atomic mass is 16.1. The molecule has 0 saturated carbocycles. The Balaban J connectivity index is 1.60. The average molecular weight is 358 g/mol. The maximum absolute atomic E-state index is 12.4. The number of fused-ring (bicyclic) bond motifs is 1. The van der Waals surface area contributed by atoms with Gasteiger partial charge in [0.05, 0.1) is 6.33 Å². The summed E-state index contributed by atoms with van der Waals surface area (Å²) >= 11 is 0. The number of benzene rings is 2. The first-order valence-electron chi connectivity index (χ1n) is 8.56. The molecule has 0 fully saturated rings. The first kappa shape index (κ1) is 16.7. The number of nitrogens with one attached hydrogen (secondary N) is 3. The molecule has 4 rings (SSSR count). The number of hydrogen-bond donors (Lipinski definition) is 3. The van der Waals surface area contributed by atoms with E-state index in [1.807, 2.05) is 30.3 Å². The van der Waals surface area contributed by atoms with E-state index in [2.05, 4.69) is 49.6 Å². The number of carbonyl (C=O) groups excluding carboxylic acids is 1. The minimum Gasteiger partial charge on any atom is -0.364 e. The second-order valence-corrected chi connectivity index (χ2v) is 6.10. The van der Waals surface area contributed by atoms with Crippen molar-refractivity contribution < 1.29 is 4.79 Å². The number of amides is 1. The molecular formula is C20H18N6O. The van der Waals surface area contributed by atoms with Gasteiger partial charge in [-0.05, 0) is 30.2 Å². The fourth-order valence-corrected chi connectivity index (χ4v) is 2.77. The number of rotatable bonds is 5. The topological polar surface area (TPSA) is 95.6 Å². The summed E-state index contributed by atoms with van der Waals surface area (Å²) in [5.74, 6) is 0.523. The van der Waals surface area contributed by atoms with Crippen molar-refractivity contribution in [3.63, 3.8) is 0 Å². The minimum atomic E-state index is -0.268. The number of aromatic amines is 1. The maximum Gasteiger partial charge on any atom is 0.258 e. The predicted molar refractivity (Wildman–Crippen MR) is 105 cm³/mol. The first-order valence-corrected chi connectivity index (χ1v) is 8.56. The summed E-state index contributed by atoms with van der Waals surface area (Å²) in [5.41, 5.74) is 4.08. The number of nitrogens with zero attached hydrogens (tertiary/aromatic N) is 3. The zero-order valence-corrected chi connectivity index (χ0v) is 14.7. The van der Waals surface area contributed by atoms with E-state index in [-0.39, 0.29) is 11.9 Å². The Morgan fingerprint density at radius 1 is 1.04 bits per heavy atom. The van der Waals surface area contributed by atoms with E-state index in [0.29, 0.717) is 29.1 Å². The van der Waals surface area contributed by atoms with E-state index in [9.17, 15) is 4.79 Å². The molecule has 0 atom stereocenters. The molecule has 0 unspecified atom stereocenters. The van der Waals surface area contributed by atoms with Crippen molar-refractivity contribution in [1.29, 1.82) is 0 Å². The molecule has 0 bridgehead atoms. The van der Waals surface area contributed by atoms with E-state index in [0.717, 1.165) is 0 Å². The molecule has 0 aliphatic rings. The van der Waals surface area contributed by atoms with E-state index >= 15 is 0 Å². The molecule has 4 aromatic rings. The third-order valence-corrected chi connectivity index (χ3v) is 4.25. The Morgan fingerprint density at radius 3 is 2.63 bits per heavy atom. The number of imidazole rings is 1. The summed E-state index contributed by atoms with van der Waals surface area (Å²) in [7, 11) is 0. The summed E-state index contributed by atoms with van der Waals surface area (Å²) in [6.07, 6.45) is 1.56. The van der Waals surface area contributed by atoms with Gasteiger partial charge in [0.15, 0.2) is 11.5 Å². The predicted octanol–water partition coefficient (Wildman–Crippen LogP) is 3.53. The Bertz CT molecular complexity index is 1090. The summed E-state index contributed by atoms with van der Waals surface area (Å²) in [4.78, 5) is 28.4. The van der Waals surface area contributed by atoms with Crippen LogP contribution >= 0.6 is 0 Å².